The lowest BCUT2D eigenvalue weighted by Gasteiger charge is -2.63. The van der Waals surface area contributed by atoms with E-state index in [0.29, 0.717) is 11.8 Å². The molecule has 0 heterocycles. The van der Waals surface area contributed by atoms with Crippen LogP contribution in [0, 0.1) is 28.6 Å². The van der Waals surface area contributed by atoms with Crippen molar-refractivity contribution in [3.63, 3.8) is 0 Å². The third kappa shape index (κ3) is 3.61. The minimum atomic E-state index is -2.32. The lowest BCUT2D eigenvalue weighted by Crippen LogP contribution is -2.70. The minimum absolute atomic E-state index is 0.0133. The van der Waals surface area contributed by atoms with Gasteiger partial charge >= 0.3 is 5.97 Å². The highest BCUT2D eigenvalue weighted by Crippen LogP contribution is 2.72. The first kappa shape index (κ1) is 28.0. The topological polar surface area (TPSA) is 101 Å². The second-order valence-corrected chi connectivity index (χ2v) is 12.5. The van der Waals surface area contributed by atoms with Crippen LogP contribution in [0.4, 0.5) is 13.6 Å². The number of fused-ring (bicyclic) bond motifs is 5. The van der Waals surface area contributed by atoms with Crippen molar-refractivity contribution in [1.29, 1.82) is 0 Å². The summed E-state index contributed by atoms with van der Waals surface area (Å²) in [5, 5.41) is 10.3. The predicted octanol–water partition coefficient (Wildman–Crippen LogP) is 4.18. The Morgan fingerprint density at radius 3 is 2.46 bits per heavy atom. The van der Waals surface area contributed by atoms with Gasteiger partial charge in [-0.2, -0.15) is 0 Å². The number of esters is 1. The lowest BCUT2D eigenvalue weighted by molar-refractivity contribution is -0.228. The first-order valence-corrected chi connectivity index (χ1v) is 13.5. The van der Waals surface area contributed by atoms with Gasteiger partial charge in [-0.25, -0.2) is 8.78 Å². The molecule has 7 nitrogen and oxygen atoms in total. The van der Waals surface area contributed by atoms with Gasteiger partial charge in [0.2, 0.25) is 5.12 Å². The third-order valence-corrected chi connectivity index (χ3v) is 10.6. The van der Waals surface area contributed by atoms with Crippen molar-refractivity contribution in [2.24, 2.45) is 28.6 Å². The second-order valence-electron chi connectivity index (χ2n) is 11.6. The van der Waals surface area contributed by atoms with Crippen LogP contribution in [0.1, 0.15) is 53.4 Å². The third-order valence-electron chi connectivity index (χ3n) is 9.58. The molecule has 3 saturated carbocycles. The molecule has 3 fully saturated rings. The fourth-order valence-corrected chi connectivity index (χ4v) is 8.68. The first-order valence-electron chi connectivity index (χ1n) is 12.7. The Morgan fingerprint density at radius 1 is 1.22 bits per heavy atom. The molecule has 0 unspecified atom stereocenters. The molecule has 37 heavy (non-hydrogen) atoms. The molecule has 1 amide bonds. The summed E-state index contributed by atoms with van der Waals surface area (Å²) in [6.45, 7) is 6.50. The molecule has 0 aromatic rings. The number of rotatable bonds is 3. The number of allylic oxidation sites excluding steroid dienone is 4. The summed E-state index contributed by atoms with van der Waals surface area (Å²) in [6.07, 6.45) is 0.118. The molecule has 204 valence electrons. The zero-order valence-corrected chi connectivity index (χ0v) is 22.9. The Morgan fingerprint density at radius 2 is 1.86 bits per heavy atom. The molecule has 0 bridgehead atoms. The molecule has 4 aliphatic rings. The number of carbonyl (C=O) groups is 4. The number of thioether (sulfide) groups is 1. The van der Waals surface area contributed by atoms with Crippen LogP contribution in [0.2, 0.25) is 0 Å². The maximum Gasteiger partial charge on any atom is 0.306 e. The number of carbonyl (C=O) groups excluding carboxylic acids is 4. The number of alkyl halides is 2. The van der Waals surface area contributed by atoms with E-state index in [-0.39, 0.29) is 31.3 Å². The van der Waals surface area contributed by atoms with Gasteiger partial charge in [-0.1, -0.05) is 26.8 Å². The van der Waals surface area contributed by atoms with Crippen LogP contribution in [-0.4, -0.2) is 69.8 Å². The van der Waals surface area contributed by atoms with Gasteiger partial charge in [0.1, 0.15) is 6.17 Å². The molecule has 9 atom stereocenters. The average Bonchev–Trinajstić information content (AvgIpc) is 3.04. The molecule has 0 spiro atoms. The van der Waals surface area contributed by atoms with Crippen LogP contribution in [0.15, 0.2) is 23.8 Å². The van der Waals surface area contributed by atoms with E-state index in [1.807, 2.05) is 0 Å². The fraction of sp³-hybridized carbons (Fsp3) is 0.704. The van der Waals surface area contributed by atoms with Crippen molar-refractivity contribution in [1.82, 2.24) is 4.90 Å². The Hall–Kier alpha value is -2.07. The van der Waals surface area contributed by atoms with Crippen molar-refractivity contribution in [3.8, 4) is 0 Å². The Labute approximate surface area is 220 Å². The van der Waals surface area contributed by atoms with Gasteiger partial charge in [0.25, 0.3) is 5.24 Å². The number of hydrogen-bond acceptors (Lipinski definition) is 7. The van der Waals surface area contributed by atoms with Gasteiger partial charge in [0, 0.05) is 54.9 Å². The van der Waals surface area contributed by atoms with Gasteiger partial charge in [-0.3, -0.25) is 19.2 Å². The molecule has 0 aliphatic heterocycles. The molecule has 0 radical (unpaired) electrons. The van der Waals surface area contributed by atoms with Gasteiger partial charge in [0.05, 0.1) is 6.10 Å². The second kappa shape index (κ2) is 9.00. The van der Waals surface area contributed by atoms with E-state index in [1.54, 1.807) is 20.8 Å². The van der Waals surface area contributed by atoms with Gasteiger partial charge in [-0.15, -0.1) is 0 Å². The van der Waals surface area contributed by atoms with E-state index in [2.05, 4.69) is 0 Å². The molecule has 4 aliphatic carbocycles. The molecular weight excluding hydrogens is 504 g/mol. The molecule has 0 saturated heterocycles. The number of aliphatic hydroxyl groups is 1. The van der Waals surface area contributed by atoms with Crippen molar-refractivity contribution < 1.29 is 37.8 Å². The highest BCUT2D eigenvalue weighted by Gasteiger charge is 2.78. The molecule has 10 heteroatoms. The van der Waals surface area contributed by atoms with E-state index in [9.17, 15) is 24.3 Å². The van der Waals surface area contributed by atoms with Crippen molar-refractivity contribution in [2.75, 3.05) is 14.1 Å². The standard InChI is InChI=1S/C27H35F2NO6S/c1-7-21(33)36-27(22(34)37-23(35)30(5)6)14(2)10-16-17-12-19(28)18-11-15(31)8-9-24(18,3)26(17,29)20(32)13-25(16,27)4/h8-9,11,14,16-17,19-20,32H,7,10,12-13H2,1-6H3/t14-,16+,17+,19+,20+,24+,25+,26+,27+/m1/s1. The SMILES string of the molecule is CCC(=O)O[C@]1(C(=O)SC(=O)N(C)C)[C@H](C)C[C@H]2[C@@H]3C[C@H](F)C4=CC(=O)C=C[C@]4(C)[C@@]3(F)[C@@H](O)C[C@@]21C. The van der Waals surface area contributed by atoms with Gasteiger partial charge in [-0.05, 0) is 49.8 Å². The largest absolute Gasteiger partial charge is 0.449 e. The zero-order chi connectivity index (χ0) is 27.7. The van der Waals surface area contributed by atoms with Crippen LogP contribution in [-0.2, 0) is 19.1 Å². The average molecular weight is 540 g/mol. The molecule has 0 aromatic carbocycles. The van der Waals surface area contributed by atoms with E-state index >= 15 is 8.78 Å². The summed E-state index contributed by atoms with van der Waals surface area (Å²) >= 11 is 0.426. The smallest absolute Gasteiger partial charge is 0.306 e. The summed E-state index contributed by atoms with van der Waals surface area (Å²) in [4.78, 5) is 52.3. The van der Waals surface area contributed by atoms with E-state index < -0.39 is 74.2 Å². The number of ether oxygens (including phenoxy) is 1. The molecular formula is C27H35F2NO6S. The predicted molar refractivity (Wildman–Crippen MR) is 134 cm³/mol. The van der Waals surface area contributed by atoms with Gasteiger partial charge < -0.3 is 14.7 Å². The number of aliphatic hydroxyl groups excluding tert-OH is 1. The summed E-state index contributed by atoms with van der Waals surface area (Å²) in [6, 6.07) is 0. The van der Waals surface area contributed by atoms with Crippen molar-refractivity contribution in [3.05, 3.63) is 23.8 Å². The van der Waals surface area contributed by atoms with Crippen LogP contribution in [0.25, 0.3) is 0 Å². The highest BCUT2D eigenvalue weighted by atomic mass is 32.2. The van der Waals surface area contributed by atoms with Crippen LogP contribution >= 0.6 is 11.8 Å². The molecule has 0 aromatic heterocycles. The van der Waals surface area contributed by atoms with Gasteiger partial charge in [0.15, 0.2) is 17.1 Å². The summed E-state index contributed by atoms with van der Waals surface area (Å²) in [5.41, 5.74) is -6.94. The normalized spacial score (nSPS) is 44.3. The van der Waals surface area contributed by atoms with Crippen molar-refractivity contribution >= 4 is 33.9 Å². The first-order chi connectivity index (χ1) is 17.1. The number of nitrogens with zero attached hydrogens (tertiary/aromatic N) is 1. The number of amides is 1. The minimum Gasteiger partial charge on any atom is -0.449 e. The maximum absolute atomic E-state index is 17.4. The Balaban J connectivity index is 1.86. The number of ketones is 1. The van der Waals surface area contributed by atoms with Crippen LogP contribution < -0.4 is 0 Å². The zero-order valence-electron chi connectivity index (χ0n) is 22.0. The monoisotopic (exact) mass is 539 g/mol. The Kier molecular flexibility index (Phi) is 6.80. The highest BCUT2D eigenvalue weighted by molar-refractivity contribution is 8.26. The fourth-order valence-electron chi connectivity index (χ4n) is 7.72. The summed E-state index contributed by atoms with van der Waals surface area (Å²) in [5.74, 6) is -3.36. The Bertz CT molecular complexity index is 1110. The van der Waals surface area contributed by atoms with E-state index in [1.165, 1.54) is 38.1 Å². The van der Waals surface area contributed by atoms with Crippen LogP contribution in [0.5, 0.6) is 0 Å². The molecule has 1 N–H and O–H groups in total. The van der Waals surface area contributed by atoms with E-state index in [0.717, 1.165) is 6.08 Å². The maximum atomic E-state index is 17.4. The summed E-state index contributed by atoms with van der Waals surface area (Å²) in [7, 11) is 2.99. The van der Waals surface area contributed by atoms with Crippen molar-refractivity contribution in [2.45, 2.75) is 76.9 Å². The quantitative estimate of drug-likeness (QED) is 0.537. The van der Waals surface area contributed by atoms with Crippen LogP contribution in [0.3, 0.4) is 0 Å². The number of halogens is 2. The lowest BCUT2D eigenvalue weighted by atomic mass is 9.44. The summed E-state index contributed by atoms with van der Waals surface area (Å²) < 4.78 is 39.0. The number of hydrogen-bond donors (Lipinski definition) is 1. The van der Waals surface area contributed by atoms with E-state index in [4.69, 9.17) is 4.74 Å². The molecule has 4 rings (SSSR count).